The van der Waals surface area contributed by atoms with E-state index in [2.05, 4.69) is 13.8 Å². The number of unbranched alkanes of at least 4 members (excludes halogenated alkanes) is 1. The number of rotatable bonds is 4. The van der Waals surface area contributed by atoms with Crippen molar-refractivity contribution >= 4 is 0 Å². The van der Waals surface area contributed by atoms with Gasteiger partial charge in [0.2, 0.25) is 0 Å². The van der Waals surface area contributed by atoms with Gasteiger partial charge in [-0.2, -0.15) is 0 Å². The van der Waals surface area contributed by atoms with Crippen LogP contribution in [0.15, 0.2) is 11.8 Å². The zero-order valence-electron chi connectivity index (χ0n) is 6.48. The molecule has 0 aromatic carbocycles. The number of hydrogen-bond donors (Lipinski definition) is 1. The van der Waals surface area contributed by atoms with E-state index in [9.17, 15) is 0 Å². The standard InChI is InChI=1S/C8H17N/c1-3-5-6-8(4-2)7-9/h7H,3-6,9H2,1-2H3/b8-7+. The van der Waals surface area contributed by atoms with Crippen molar-refractivity contribution in [3.05, 3.63) is 11.8 Å². The lowest BCUT2D eigenvalue weighted by Crippen LogP contribution is -1.87. The van der Waals surface area contributed by atoms with Crippen molar-refractivity contribution in [3.63, 3.8) is 0 Å². The molecule has 0 aliphatic rings. The molecule has 9 heavy (non-hydrogen) atoms. The lowest BCUT2D eigenvalue weighted by molar-refractivity contribution is 0.764. The van der Waals surface area contributed by atoms with Crippen LogP contribution in [0.2, 0.25) is 0 Å². The van der Waals surface area contributed by atoms with Crippen molar-refractivity contribution in [1.82, 2.24) is 0 Å². The Hall–Kier alpha value is -0.460. The van der Waals surface area contributed by atoms with Gasteiger partial charge < -0.3 is 5.73 Å². The Morgan fingerprint density at radius 3 is 2.44 bits per heavy atom. The predicted molar refractivity (Wildman–Crippen MR) is 42.1 cm³/mol. The number of nitrogens with two attached hydrogens (primary N) is 1. The van der Waals surface area contributed by atoms with Gasteiger partial charge in [0, 0.05) is 0 Å². The van der Waals surface area contributed by atoms with Crippen LogP contribution < -0.4 is 5.73 Å². The van der Waals surface area contributed by atoms with Crippen molar-refractivity contribution in [2.24, 2.45) is 5.73 Å². The number of allylic oxidation sites excluding steroid dienone is 1. The summed E-state index contributed by atoms with van der Waals surface area (Å²) in [4.78, 5) is 0. The van der Waals surface area contributed by atoms with Crippen molar-refractivity contribution < 1.29 is 0 Å². The molecule has 0 saturated carbocycles. The van der Waals surface area contributed by atoms with E-state index in [-0.39, 0.29) is 0 Å². The smallest absolute Gasteiger partial charge is 0.00706 e. The molecule has 1 heteroatoms. The van der Waals surface area contributed by atoms with E-state index in [1.54, 1.807) is 6.20 Å². The van der Waals surface area contributed by atoms with Gasteiger partial charge in [-0.25, -0.2) is 0 Å². The molecule has 0 atom stereocenters. The monoisotopic (exact) mass is 127 g/mol. The molecule has 0 saturated heterocycles. The van der Waals surface area contributed by atoms with Crippen LogP contribution >= 0.6 is 0 Å². The Balaban J connectivity index is 3.33. The lowest BCUT2D eigenvalue weighted by Gasteiger charge is -1.99. The van der Waals surface area contributed by atoms with Gasteiger partial charge >= 0.3 is 0 Å². The van der Waals surface area contributed by atoms with E-state index in [0.717, 1.165) is 6.42 Å². The average molecular weight is 127 g/mol. The Labute approximate surface area is 57.9 Å². The molecule has 0 unspecified atom stereocenters. The van der Waals surface area contributed by atoms with E-state index in [1.165, 1.54) is 24.8 Å². The van der Waals surface area contributed by atoms with Gasteiger partial charge in [0.05, 0.1) is 0 Å². The Bertz CT molecular complexity index is 84.6. The second-order valence-corrected chi connectivity index (χ2v) is 2.28. The third-order valence-electron chi connectivity index (χ3n) is 1.54. The SMILES string of the molecule is CCCC/C(=C/N)CC. The summed E-state index contributed by atoms with van der Waals surface area (Å²) in [5, 5.41) is 0. The molecular formula is C8H17N. The highest BCUT2D eigenvalue weighted by Gasteiger charge is 1.90. The summed E-state index contributed by atoms with van der Waals surface area (Å²) in [6.07, 6.45) is 6.57. The molecule has 0 heterocycles. The molecule has 0 bridgehead atoms. The molecule has 54 valence electrons. The van der Waals surface area contributed by atoms with Crippen LogP contribution in [0.4, 0.5) is 0 Å². The zero-order valence-corrected chi connectivity index (χ0v) is 6.48. The first kappa shape index (κ1) is 8.54. The van der Waals surface area contributed by atoms with Crippen LogP contribution in [0.3, 0.4) is 0 Å². The van der Waals surface area contributed by atoms with Crippen LogP contribution in [0.1, 0.15) is 39.5 Å². The van der Waals surface area contributed by atoms with Gasteiger partial charge in [-0.05, 0) is 25.5 Å². The Kier molecular flexibility index (Phi) is 5.38. The molecule has 0 radical (unpaired) electrons. The van der Waals surface area contributed by atoms with E-state index >= 15 is 0 Å². The first-order valence-corrected chi connectivity index (χ1v) is 3.74. The fraction of sp³-hybridized carbons (Fsp3) is 0.750. The summed E-state index contributed by atoms with van der Waals surface area (Å²) < 4.78 is 0. The van der Waals surface area contributed by atoms with Crippen LogP contribution in [0.5, 0.6) is 0 Å². The van der Waals surface area contributed by atoms with Gasteiger partial charge in [0.25, 0.3) is 0 Å². The van der Waals surface area contributed by atoms with Crippen LogP contribution in [0.25, 0.3) is 0 Å². The molecule has 0 aromatic rings. The lowest BCUT2D eigenvalue weighted by atomic mass is 10.1. The summed E-state index contributed by atoms with van der Waals surface area (Å²) in [6, 6.07) is 0. The third kappa shape index (κ3) is 4.07. The summed E-state index contributed by atoms with van der Waals surface area (Å²) >= 11 is 0. The van der Waals surface area contributed by atoms with Gasteiger partial charge in [-0.15, -0.1) is 0 Å². The van der Waals surface area contributed by atoms with Crippen LogP contribution in [-0.2, 0) is 0 Å². The van der Waals surface area contributed by atoms with E-state index in [1.807, 2.05) is 0 Å². The van der Waals surface area contributed by atoms with Gasteiger partial charge in [-0.1, -0.05) is 25.8 Å². The van der Waals surface area contributed by atoms with Gasteiger partial charge in [0.15, 0.2) is 0 Å². The summed E-state index contributed by atoms with van der Waals surface area (Å²) in [7, 11) is 0. The highest BCUT2D eigenvalue weighted by Crippen LogP contribution is 2.08. The quantitative estimate of drug-likeness (QED) is 0.616. The molecule has 0 amide bonds. The summed E-state index contributed by atoms with van der Waals surface area (Å²) in [5.41, 5.74) is 6.75. The normalized spacial score (nSPS) is 12.0. The van der Waals surface area contributed by atoms with Gasteiger partial charge in [0.1, 0.15) is 0 Å². The Morgan fingerprint density at radius 1 is 1.44 bits per heavy atom. The minimum Gasteiger partial charge on any atom is -0.405 e. The van der Waals surface area contributed by atoms with E-state index in [4.69, 9.17) is 5.73 Å². The van der Waals surface area contributed by atoms with E-state index < -0.39 is 0 Å². The predicted octanol–water partition coefficient (Wildman–Crippen LogP) is 2.43. The molecule has 0 fully saturated rings. The summed E-state index contributed by atoms with van der Waals surface area (Å²) in [6.45, 7) is 4.35. The van der Waals surface area contributed by atoms with Crippen molar-refractivity contribution in [2.45, 2.75) is 39.5 Å². The zero-order chi connectivity index (χ0) is 7.11. The highest BCUT2D eigenvalue weighted by molar-refractivity contribution is 4.97. The second kappa shape index (κ2) is 5.67. The topological polar surface area (TPSA) is 26.0 Å². The van der Waals surface area contributed by atoms with Gasteiger partial charge in [-0.3, -0.25) is 0 Å². The molecule has 1 nitrogen and oxygen atoms in total. The van der Waals surface area contributed by atoms with Crippen LogP contribution in [0, 0.1) is 0 Å². The fourth-order valence-electron chi connectivity index (χ4n) is 0.782. The molecule has 2 N–H and O–H groups in total. The maximum absolute atomic E-state index is 5.36. The molecule has 0 aromatic heterocycles. The largest absolute Gasteiger partial charge is 0.405 e. The number of hydrogen-bond acceptors (Lipinski definition) is 1. The van der Waals surface area contributed by atoms with Crippen molar-refractivity contribution in [2.75, 3.05) is 0 Å². The second-order valence-electron chi connectivity index (χ2n) is 2.28. The van der Waals surface area contributed by atoms with Crippen molar-refractivity contribution in [1.29, 1.82) is 0 Å². The molecule has 0 aliphatic carbocycles. The minimum absolute atomic E-state index is 1.11. The minimum atomic E-state index is 1.11. The first-order chi connectivity index (χ1) is 4.35. The molecule has 0 rings (SSSR count). The van der Waals surface area contributed by atoms with E-state index in [0.29, 0.717) is 0 Å². The molecule has 0 spiro atoms. The molecular weight excluding hydrogens is 110 g/mol. The Morgan fingerprint density at radius 2 is 2.11 bits per heavy atom. The first-order valence-electron chi connectivity index (χ1n) is 3.74. The average Bonchev–Trinajstić information content (AvgIpc) is 1.91. The maximum Gasteiger partial charge on any atom is -0.00706 e. The highest BCUT2D eigenvalue weighted by atomic mass is 14.5. The van der Waals surface area contributed by atoms with Crippen LogP contribution in [-0.4, -0.2) is 0 Å². The summed E-state index contributed by atoms with van der Waals surface area (Å²) in [5.74, 6) is 0. The molecule has 0 aliphatic heterocycles. The maximum atomic E-state index is 5.36. The third-order valence-corrected chi connectivity index (χ3v) is 1.54. The van der Waals surface area contributed by atoms with Crippen molar-refractivity contribution in [3.8, 4) is 0 Å². The fourth-order valence-corrected chi connectivity index (χ4v) is 0.782.